The lowest BCUT2D eigenvalue weighted by atomic mass is 10.0. The van der Waals surface area contributed by atoms with Crippen LogP contribution in [0.3, 0.4) is 0 Å². The topological polar surface area (TPSA) is 294 Å². The Bertz CT molecular complexity index is 2840. The summed E-state index contributed by atoms with van der Waals surface area (Å²) in [5, 5.41) is 14.3. The first-order chi connectivity index (χ1) is 32.0. The highest BCUT2D eigenvalue weighted by atomic mass is 32.2. The van der Waals surface area contributed by atoms with Crippen LogP contribution in [-0.4, -0.2) is 76.3 Å². The number of ketones is 2. The highest BCUT2D eigenvalue weighted by Gasteiger charge is 2.48. The predicted molar refractivity (Wildman–Crippen MR) is 240 cm³/mol. The fourth-order valence-corrected chi connectivity index (χ4v) is 6.37. The first kappa shape index (κ1) is 52.5. The zero-order chi connectivity index (χ0) is 50.3. The van der Waals surface area contributed by atoms with Gasteiger partial charge in [0.05, 0.1) is 0 Å². The van der Waals surface area contributed by atoms with Gasteiger partial charge in [-0.25, -0.2) is 9.97 Å². The third-order valence-corrected chi connectivity index (χ3v) is 9.91. The number of primary amides is 2. The summed E-state index contributed by atoms with van der Waals surface area (Å²) in [6.45, 7) is 5.41. The van der Waals surface area contributed by atoms with Crippen molar-refractivity contribution in [3.63, 3.8) is 0 Å². The summed E-state index contributed by atoms with van der Waals surface area (Å²) in [4.78, 5) is 81.8. The number of oxazole rings is 2. The van der Waals surface area contributed by atoms with Gasteiger partial charge < -0.3 is 40.2 Å². The summed E-state index contributed by atoms with van der Waals surface area (Å²) in [7, 11) is -5.87. The van der Waals surface area contributed by atoms with Crippen molar-refractivity contribution in [2.75, 3.05) is 0 Å². The van der Waals surface area contributed by atoms with E-state index < -0.39 is 68.7 Å². The molecule has 2 heterocycles. The molecule has 2 atom stereocenters. The minimum Gasteiger partial charge on any atom is -0.508 e. The molecular weight excluding hydrogens is 918 g/mol. The molecule has 18 nitrogen and oxygen atoms in total. The van der Waals surface area contributed by atoms with Gasteiger partial charge in [0.25, 0.3) is 23.6 Å². The number of benzene rings is 4. The molecule has 4 aromatic carbocycles. The lowest BCUT2D eigenvalue weighted by Gasteiger charge is -2.16. The average Bonchev–Trinajstić information content (AvgIpc) is 3.90. The van der Waals surface area contributed by atoms with Gasteiger partial charge in [-0.15, -0.1) is 0 Å². The smallest absolute Gasteiger partial charge is 0.508 e. The van der Waals surface area contributed by atoms with Crippen LogP contribution in [0.25, 0.3) is 22.5 Å². The van der Waals surface area contributed by atoms with Crippen molar-refractivity contribution in [1.82, 2.24) is 20.6 Å². The summed E-state index contributed by atoms with van der Waals surface area (Å²) in [5.74, 6) is -6.57. The van der Waals surface area contributed by atoms with E-state index in [0.29, 0.717) is 29.3 Å². The van der Waals surface area contributed by atoms with Gasteiger partial charge in [-0.05, 0) is 35.4 Å². The lowest BCUT2D eigenvalue weighted by Crippen LogP contribution is -2.47. The number of carbonyl (C=O) groups excluding carboxylic acids is 6. The number of Topliss-reactive ketones (excluding diaryl/α,β-unsaturated/α-hetero) is 2. The third kappa shape index (κ3) is 14.4. The van der Waals surface area contributed by atoms with E-state index in [4.69, 9.17) is 21.7 Å². The second kappa shape index (κ2) is 23.9. The van der Waals surface area contributed by atoms with E-state index in [9.17, 15) is 55.5 Å². The van der Waals surface area contributed by atoms with Crippen LogP contribution >= 0.6 is 0 Å². The number of aromatic nitrogens is 2. The Labute approximate surface area is 389 Å². The molecule has 0 aliphatic carbocycles. The van der Waals surface area contributed by atoms with Gasteiger partial charge in [-0.2, -0.15) is 21.6 Å². The van der Waals surface area contributed by atoms with E-state index in [1.54, 1.807) is 80.6 Å². The van der Waals surface area contributed by atoms with Crippen LogP contribution in [0.2, 0.25) is 0 Å². The summed E-state index contributed by atoms with van der Waals surface area (Å²) in [6, 6.07) is 25.0. The molecule has 0 bridgehead atoms. The summed E-state index contributed by atoms with van der Waals surface area (Å²) >= 11 is 0. The molecule has 22 heteroatoms. The van der Waals surface area contributed by atoms with Crippen LogP contribution in [0.15, 0.2) is 118 Å². The minimum absolute atomic E-state index is 0. The molecular formula is C46H47F3N6O12S. The number of phenolic OH excluding ortho intramolecular Hbond substituents is 1. The van der Waals surface area contributed by atoms with Crippen LogP contribution in [0.4, 0.5) is 13.2 Å². The van der Waals surface area contributed by atoms with Crippen molar-refractivity contribution in [2.45, 2.75) is 65.5 Å². The lowest BCUT2D eigenvalue weighted by molar-refractivity contribution is -0.137. The summed E-state index contributed by atoms with van der Waals surface area (Å²) in [5.41, 5.74) is 7.24. The minimum atomic E-state index is -5.87. The Balaban J connectivity index is 0.000000347. The number of amides is 4. The Morgan fingerprint density at radius 2 is 1.04 bits per heavy atom. The number of hydrogen-bond acceptors (Lipinski definition) is 14. The number of nitrogens with two attached hydrogens (primary N) is 2. The fourth-order valence-electron chi connectivity index (χ4n) is 5.91. The largest absolute Gasteiger partial charge is 0.534 e. The number of aryl methyl sites for hydroxylation is 2. The molecule has 2 aromatic heterocycles. The van der Waals surface area contributed by atoms with E-state index in [1.807, 2.05) is 6.07 Å². The maximum atomic E-state index is 12.9. The summed E-state index contributed by atoms with van der Waals surface area (Å²) < 4.78 is 80.8. The second-order valence-electron chi connectivity index (χ2n) is 13.8. The molecule has 0 aliphatic heterocycles. The maximum Gasteiger partial charge on any atom is 0.534 e. The first-order valence-electron chi connectivity index (χ1n) is 20.3. The van der Waals surface area contributed by atoms with Crippen molar-refractivity contribution in [3.8, 4) is 34.0 Å². The number of nitrogens with zero attached hydrogens (tertiary/aromatic N) is 2. The maximum absolute atomic E-state index is 12.9. The van der Waals surface area contributed by atoms with E-state index in [0.717, 1.165) is 24.3 Å². The summed E-state index contributed by atoms with van der Waals surface area (Å²) in [6.07, 6.45) is -0.296. The van der Waals surface area contributed by atoms with Crippen LogP contribution < -0.4 is 26.3 Å². The number of alkyl halides is 3. The number of halogens is 3. The number of nitrogens with one attached hydrogen (secondary N) is 2. The first-order valence-corrected chi connectivity index (χ1v) is 21.0. The fraction of sp³-hybridized carbons (Fsp3) is 0.217. The van der Waals surface area contributed by atoms with Gasteiger partial charge in [-0.3, -0.25) is 28.8 Å². The van der Waals surface area contributed by atoms with E-state index in [1.165, 1.54) is 19.1 Å². The highest BCUT2D eigenvalue weighted by Crippen LogP contribution is 2.28. The molecule has 6 aromatic rings. The van der Waals surface area contributed by atoms with Crippen LogP contribution in [-0.2, 0) is 42.1 Å². The molecule has 0 saturated heterocycles. The number of carbonyl (C=O) groups is 6. The molecule has 0 fully saturated rings. The van der Waals surface area contributed by atoms with Gasteiger partial charge in [0.2, 0.25) is 23.1 Å². The van der Waals surface area contributed by atoms with Crippen LogP contribution in [0.5, 0.6) is 11.5 Å². The Morgan fingerprint density at radius 3 is 1.38 bits per heavy atom. The van der Waals surface area contributed by atoms with Gasteiger partial charge in [0.15, 0.2) is 11.8 Å². The second-order valence-corrected chi connectivity index (χ2v) is 15.3. The Hall–Kier alpha value is -8.14. The Morgan fingerprint density at radius 1 is 0.691 bits per heavy atom. The molecule has 360 valence electrons. The van der Waals surface area contributed by atoms with Crippen molar-refractivity contribution in [3.05, 3.63) is 144 Å². The molecule has 0 unspecified atom stereocenters. The van der Waals surface area contributed by atoms with Crippen LogP contribution in [0.1, 0.15) is 66.6 Å². The van der Waals surface area contributed by atoms with E-state index in [-0.39, 0.29) is 60.6 Å². The van der Waals surface area contributed by atoms with Gasteiger partial charge >= 0.3 is 15.6 Å². The van der Waals surface area contributed by atoms with E-state index in [2.05, 4.69) is 24.8 Å². The SMILES string of the molecule is C.Cc1nc(-c2ccccc2)c(C(=O)N[C@@H](Cc2ccc(O)cc2)C(=O)C(N)=O)o1.Cc1nc(-c2ccccc2)c(C(=O)N[C@@H](Cc2ccc(OS(=O)(=O)C(F)(F)F)cc2)C(=O)C(N)=O)o1.[2H]CC. The van der Waals surface area contributed by atoms with Gasteiger partial charge in [0.1, 0.15) is 35.0 Å². The molecule has 0 spiro atoms. The third-order valence-electron chi connectivity index (χ3n) is 8.93. The van der Waals surface area contributed by atoms with Crippen molar-refractivity contribution >= 4 is 45.3 Å². The quantitative estimate of drug-likeness (QED) is 0.0443. The number of hydrogen-bond donors (Lipinski definition) is 5. The molecule has 68 heavy (non-hydrogen) atoms. The van der Waals surface area contributed by atoms with E-state index >= 15 is 0 Å². The van der Waals surface area contributed by atoms with Gasteiger partial charge in [0, 0.05) is 39.2 Å². The normalized spacial score (nSPS) is 11.9. The van der Waals surface area contributed by atoms with Crippen molar-refractivity contribution < 1.29 is 69.9 Å². The monoisotopic (exact) mass is 965 g/mol. The molecule has 0 saturated carbocycles. The highest BCUT2D eigenvalue weighted by molar-refractivity contribution is 7.88. The standard InChI is InChI=1S/C22H18F3N3O7S.C21H19N3O5.C2H6.CH4/c1-12-27-17(14-5-3-2-4-6-14)19(34-12)21(31)28-16(18(29)20(26)30)11-13-7-9-15(10-8-13)35-36(32,33)22(23,24)25;1-12-23-17(14-5-3-2-4-6-14)19(29-12)21(28)24-16(18(26)20(22)27)11-13-7-9-15(25)10-8-13;1-2;/h2-10,16H,11H2,1H3,(H2,26,30)(H,28,31);2-10,16,25H,11H2,1H3,(H2,22,27)(H,24,28);1-2H3;1H4/t2*16-;;/m00../s1/i;;1D;. The van der Waals surface area contributed by atoms with Crippen LogP contribution in [0, 0.1) is 13.8 Å². The molecule has 0 radical (unpaired) electrons. The predicted octanol–water partition coefficient (Wildman–Crippen LogP) is 5.69. The van der Waals surface area contributed by atoms with Gasteiger partial charge in [-0.1, -0.05) is 106 Å². The average molecular weight is 966 g/mol. The Kier molecular flexibility index (Phi) is 18.4. The molecule has 7 N–H and O–H groups in total. The zero-order valence-corrected chi connectivity index (χ0v) is 36.5. The number of rotatable bonds is 16. The molecule has 4 amide bonds. The number of aromatic hydroxyl groups is 1. The molecule has 0 aliphatic rings. The number of phenols is 1. The van der Waals surface area contributed by atoms with Crippen molar-refractivity contribution in [2.24, 2.45) is 11.5 Å². The molecule has 6 rings (SSSR count). The van der Waals surface area contributed by atoms with Crippen molar-refractivity contribution in [1.29, 1.82) is 0 Å². The zero-order valence-electron chi connectivity index (χ0n) is 36.7.